The lowest BCUT2D eigenvalue weighted by Gasteiger charge is -2.41. The molecule has 0 bridgehead atoms. The van der Waals surface area contributed by atoms with E-state index in [4.69, 9.17) is 5.73 Å². The average Bonchev–Trinajstić information content (AvgIpc) is 2.85. The number of hydrogen-bond donors (Lipinski definition) is 2. The predicted octanol–water partition coefficient (Wildman–Crippen LogP) is 2.86. The van der Waals surface area contributed by atoms with Crippen molar-refractivity contribution >= 4 is 17.3 Å². The maximum absolute atomic E-state index is 11.5. The Labute approximate surface area is 115 Å². The van der Waals surface area contributed by atoms with E-state index in [9.17, 15) is 9.90 Å². The van der Waals surface area contributed by atoms with Crippen molar-refractivity contribution in [2.24, 2.45) is 5.73 Å². The number of nitrogens with two attached hydrogens (primary N) is 1. The monoisotopic (exact) mass is 273 g/mol. The van der Waals surface area contributed by atoms with E-state index >= 15 is 0 Å². The van der Waals surface area contributed by atoms with Crippen LogP contribution in [0.1, 0.15) is 17.7 Å². The summed E-state index contributed by atoms with van der Waals surface area (Å²) in [6, 6.07) is 14.0. The maximum atomic E-state index is 11.5. The lowest BCUT2D eigenvalue weighted by atomic mass is 9.65. The third-order valence-electron chi connectivity index (χ3n) is 3.77. The minimum atomic E-state index is -0.754. The summed E-state index contributed by atoms with van der Waals surface area (Å²) < 4.78 is 0. The van der Waals surface area contributed by atoms with E-state index in [0.717, 1.165) is 15.3 Å². The first kappa shape index (κ1) is 12.4. The summed E-state index contributed by atoms with van der Waals surface area (Å²) in [4.78, 5) is 13.6. The number of carboxylic acids is 1. The van der Waals surface area contributed by atoms with Crippen molar-refractivity contribution in [3.8, 4) is 10.4 Å². The zero-order chi connectivity index (χ0) is 13.5. The fourth-order valence-electron chi connectivity index (χ4n) is 2.67. The summed E-state index contributed by atoms with van der Waals surface area (Å²) in [5.74, 6) is -0.754. The van der Waals surface area contributed by atoms with Gasteiger partial charge in [0.15, 0.2) is 0 Å². The van der Waals surface area contributed by atoms with Gasteiger partial charge in [0.05, 0.1) is 0 Å². The predicted molar refractivity (Wildman–Crippen MR) is 76.3 cm³/mol. The average molecular weight is 273 g/mol. The van der Waals surface area contributed by atoms with Gasteiger partial charge in [0.1, 0.15) is 5.41 Å². The minimum absolute atomic E-state index is 0.0124. The van der Waals surface area contributed by atoms with E-state index in [-0.39, 0.29) is 6.04 Å². The number of hydrogen-bond acceptors (Lipinski definition) is 3. The summed E-state index contributed by atoms with van der Waals surface area (Å²) in [6.45, 7) is 0. The van der Waals surface area contributed by atoms with Crippen molar-refractivity contribution in [1.82, 2.24) is 0 Å². The summed E-state index contributed by atoms with van der Waals surface area (Å²) in [7, 11) is 0. The molecule has 1 saturated carbocycles. The molecule has 1 heterocycles. The first-order valence-corrected chi connectivity index (χ1v) is 7.08. The van der Waals surface area contributed by atoms with Crippen LogP contribution in [0, 0.1) is 0 Å². The van der Waals surface area contributed by atoms with E-state index in [1.165, 1.54) is 0 Å². The first-order valence-electron chi connectivity index (χ1n) is 6.26. The van der Waals surface area contributed by atoms with Crippen LogP contribution in [0.4, 0.5) is 0 Å². The van der Waals surface area contributed by atoms with Crippen LogP contribution < -0.4 is 5.73 Å². The van der Waals surface area contributed by atoms with E-state index < -0.39 is 11.4 Å². The molecule has 3 rings (SSSR count). The number of benzene rings is 1. The van der Waals surface area contributed by atoms with Crippen molar-refractivity contribution in [1.29, 1.82) is 0 Å². The molecule has 1 aliphatic rings. The smallest absolute Gasteiger partial charge is 0.315 e. The largest absolute Gasteiger partial charge is 0.481 e. The van der Waals surface area contributed by atoms with Gasteiger partial charge >= 0.3 is 5.97 Å². The summed E-state index contributed by atoms with van der Waals surface area (Å²) >= 11 is 1.56. The molecule has 0 unspecified atom stereocenters. The van der Waals surface area contributed by atoms with Gasteiger partial charge in [-0.05, 0) is 30.5 Å². The minimum Gasteiger partial charge on any atom is -0.481 e. The molecular weight excluding hydrogens is 258 g/mol. The Bertz CT molecular complexity index is 600. The van der Waals surface area contributed by atoms with E-state index in [0.29, 0.717) is 12.8 Å². The van der Waals surface area contributed by atoms with Gasteiger partial charge in [-0.15, -0.1) is 11.3 Å². The molecule has 1 aromatic heterocycles. The first-order chi connectivity index (χ1) is 9.12. The van der Waals surface area contributed by atoms with E-state index in [1.54, 1.807) is 11.3 Å². The van der Waals surface area contributed by atoms with Crippen LogP contribution in [0.3, 0.4) is 0 Å². The standard InChI is InChI=1S/C15H15NO2S/c16-11-8-15(9-11,14(17)18)13-7-6-12(19-13)10-4-2-1-3-5-10/h1-7,11H,8-9,16H2,(H,17,18). The van der Waals surface area contributed by atoms with Crippen LogP contribution in [-0.2, 0) is 10.2 Å². The number of carboxylic acid groups (broad SMARTS) is 1. The summed E-state index contributed by atoms with van der Waals surface area (Å²) in [6.07, 6.45) is 1.08. The third-order valence-corrected chi connectivity index (χ3v) is 5.11. The van der Waals surface area contributed by atoms with Crippen molar-refractivity contribution in [3.05, 3.63) is 47.3 Å². The van der Waals surface area contributed by atoms with Crippen LogP contribution in [-0.4, -0.2) is 17.1 Å². The van der Waals surface area contributed by atoms with E-state index in [1.807, 2.05) is 42.5 Å². The summed E-state index contributed by atoms with van der Waals surface area (Å²) in [5, 5.41) is 9.49. The Kier molecular flexibility index (Phi) is 2.92. The van der Waals surface area contributed by atoms with Crippen molar-refractivity contribution in [3.63, 3.8) is 0 Å². The summed E-state index contributed by atoms with van der Waals surface area (Å²) in [5.41, 5.74) is 6.16. The van der Waals surface area contributed by atoms with Gasteiger partial charge < -0.3 is 10.8 Å². The van der Waals surface area contributed by atoms with Crippen molar-refractivity contribution < 1.29 is 9.90 Å². The zero-order valence-corrected chi connectivity index (χ0v) is 11.2. The third kappa shape index (κ3) is 1.97. The number of thiophene rings is 1. The highest BCUT2D eigenvalue weighted by atomic mass is 32.1. The molecule has 3 N–H and O–H groups in total. The van der Waals surface area contributed by atoms with Crippen LogP contribution >= 0.6 is 11.3 Å². The Morgan fingerprint density at radius 3 is 2.47 bits per heavy atom. The SMILES string of the molecule is NC1CC(C(=O)O)(c2ccc(-c3ccccc3)s2)C1. The number of rotatable bonds is 3. The molecule has 0 spiro atoms. The Morgan fingerprint density at radius 1 is 1.21 bits per heavy atom. The number of aliphatic carboxylic acids is 1. The fraction of sp³-hybridized carbons (Fsp3) is 0.267. The van der Waals surface area contributed by atoms with Crippen molar-refractivity contribution in [2.45, 2.75) is 24.3 Å². The molecule has 0 radical (unpaired) electrons. The topological polar surface area (TPSA) is 63.3 Å². The lowest BCUT2D eigenvalue weighted by molar-refractivity contribution is -0.148. The molecule has 0 atom stereocenters. The molecule has 1 fully saturated rings. The van der Waals surface area contributed by atoms with Gasteiger partial charge in [0.2, 0.25) is 0 Å². The highest BCUT2D eigenvalue weighted by Gasteiger charge is 2.51. The second kappa shape index (κ2) is 4.47. The van der Waals surface area contributed by atoms with Crippen molar-refractivity contribution in [2.75, 3.05) is 0 Å². The van der Waals surface area contributed by atoms with Gasteiger partial charge in [-0.25, -0.2) is 0 Å². The van der Waals surface area contributed by atoms with Gasteiger partial charge in [-0.3, -0.25) is 4.79 Å². The normalized spacial score (nSPS) is 25.8. The van der Waals surface area contributed by atoms with Gasteiger partial charge in [-0.2, -0.15) is 0 Å². The maximum Gasteiger partial charge on any atom is 0.315 e. The highest BCUT2D eigenvalue weighted by molar-refractivity contribution is 7.15. The highest BCUT2D eigenvalue weighted by Crippen LogP contribution is 2.47. The lowest BCUT2D eigenvalue weighted by Crippen LogP contribution is -2.53. The van der Waals surface area contributed by atoms with Gasteiger partial charge in [0.25, 0.3) is 0 Å². The Balaban J connectivity index is 1.95. The Hall–Kier alpha value is -1.65. The second-order valence-corrected chi connectivity index (χ2v) is 6.17. The molecule has 0 saturated heterocycles. The molecule has 3 nitrogen and oxygen atoms in total. The van der Waals surface area contributed by atoms with E-state index in [2.05, 4.69) is 0 Å². The molecule has 19 heavy (non-hydrogen) atoms. The van der Waals surface area contributed by atoms with Crippen LogP contribution in [0.5, 0.6) is 0 Å². The van der Waals surface area contributed by atoms with Crippen LogP contribution in [0.15, 0.2) is 42.5 Å². The second-order valence-electron chi connectivity index (χ2n) is 5.09. The molecule has 1 aliphatic carbocycles. The zero-order valence-electron chi connectivity index (χ0n) is 10.4. The van der Waals surface area contributed by atoms with Gasteiger partial charge in [0, 0.05) is 15.8 Å². The molecule has 1 aromatic carbocycles. The molecule has 4 heteroatoms. The molecule has 2 aromatic rings. The van der Waals surface area contributed by atoms with Crippen LogP contribution in [0.25, 0.3) is 10.4 Å². The van der Waals surface area contributed by atoms with Gasteiger partial charge in [-0.1, -0.05) is 30.3 Å². The molecule has 98 valence electrons. The molecular formula is C15H15NO2S. The quantitative estimate of drug-likeness (QED) is 0.904. The number of carbonyl (C=O) groups is 1. The molecule has 0 aliphatic heterocycles. The Morgan fingerprint density at radius 2 is 1.89 bits per heavy atom. The fourth-order valence-corrected chi connectivity index (χ4v) is 3.88. The molecule has 0 amide bonds. The van der Waals surface area contributed by atoms with Crippen LogP contribution in [0.2, 0.25) is 0 Å².